The molecule has 0 spiro atoms. The van der Waals surface area contributed by atoms with Crippen LogP contribution in [0.4, 0.5) is 0 Å². The molecule has 1 rings (SSSR count). The molecule has 1 aliphatic rings. The van der Waals surface area contributed by atoms with Crippen molar-refractivity contribution < 1.29 is 9.47 Å². The van der Waals surface area contributed by atoms with E-state index < -0.39 is 4.51 Å². The Bertz CT molecular complexity index is 260. The average molecular weight is 377 g/mol. The van der Waals surface area contributed by atoms with E-state index in [1.54, 1.807) is 14.2 Å². The van der Waals surface area contributed by atoms with Gasteiger partial charge in [0.15, 0.2) is 4.51 Å². The standard InChI is InChI=1S/C8H9Br3O2/c1-12-6-5-7(9,10)3-4-8(6,11)13-2/h3-5H,1-2H3. The van der Waals surface area contributed by atoms with Gasteiger partial charge in [-0.25, -0.2) is 0 Å². The lowest BCUT2D eigenvalue weighted by atomic mass is 10.1. The Balaban J connectivity index is 3.02. The number of allylic oxidation sites excluding steroid dienone is 2. The second-order valence-electron chi connectivity index (χ2n) is 2.57. The summed E-state index contributed by atoms with van der Waals surface area (Å²) in [6, 6.07) is 0. The number of alkyl halides is 3. The van der Waals surface area contributed by atoms with Crippen molar-refractivity contribution in [2.24, 2.45) is 0 Å². The van der Waals surface area contributed by atoms with Crippen molar-refractivity contribution in [1.29, 1.82) is 0 Å². The Morgan fingerprint density at radius 2 is 1.77 bits per heavy atom. The molecule has 74 valence electrons. The van der Waals surface area contributed by atoms with Crippen molar-refractivity contribution >= 4 is 47.8 Å². The summed E-state index contributed by atoms with van der Waals surface area (Å²) in [7, 11) is 3.22. The second-order valence-corrected chi connectivity index (χ2v) is 7.44. The minimum Gasteiger partial charge on any atom is -0.497 e. The zero-order chi connectivity index (χ0) is 10.1. The van der Waals surface area contributed by atoms with Gasteiger partial charge in [-0.3, -0.25) is 0 Å². The van der Waals surface area contributed by atoms with Crippen LogP contribution in [0.2, 0.25) is 0 Å². The summed E-state index contributed by atoms with van der Waals surface area (Å²) in [4.78, 5) is 0. The normalized spacial score (nSPS) is 31.3. The van der Waals surface area contributed by atoms with Crippen LogP contribution in [0, 0.1) is 0 Å². The molecule has 0 saturated heterocycles. The SMILES string of the molecule is COC1=CC(Br)(Br)C=CC1(Br)OC. The first-order chi connectivity index (χ1) is 5.93. The van der Waals surface area contributed by atoms with Crippen molar-refractivity contribution in [3.8, 4) is 0 Å². The summed E-state index contributed by atoms with van der Waals surface area (Å²) in [6.45, 7) is 0. The minimum atomic E-state index is -0.646. The predicted octanol–water partition coefficient (Wildman–Crippen LogP) is 3.31. The Morgan fingerprint density at radius 3 is 2.23 bits per heavy atom. The lowest BCUT2D eigenvalue weighted by molar-refractivity contribution is 0.0885. The molecule has 0 aromatic rings. The maximum absolute atomic E-state index is 5.27. The van der Waals surface area contributed by atoms with E-state index in [0.717, 1.165) is 0 Å². The highest BCUT2D eigenvalue weighted by molar-refractivity contribution is 9.25. The summed E-state index contributed by atoms with van der Waals surface area (Å²) >= 11 is 10.3. The highest BCUT2D eigenvalue weighted by Crippen LogP contribution is 2.42. The summed E-state index contributed by atoms with van der Waals surface area (Å²) in [6.07, 6.45) is 5.67. The van der Waals surface area contributed by atoms with Crippen LogP contribution in [0.1, 0.15) is 0 Å². The predicted molar refractivity (Wildman–Crippen MR) is 63.5 cm³/mol. The zero-order valence-electron chi connectivity index (χ0n) is 7.18. The lowest BCUT2D eigenvalue weighted by Gasteiger charge is -2.30. The number of hydrogen-bond acceptors (Lipinski definition) is 2. The topological polar surface area (TPSA) is 18.5 Å². The van der Waals surface area contributed by atoms with Gasteiger partial charge in [0.05, 0.1) is 7.11 Å². The summed E-state index contributed by atoms with van der Waals surface area (Å²) in [5.74, 6) is 0.700. The van der Waals surface area contributed by atoms with E-state index in [1.165, 1.54) is 0 Å². The van der Waals surface area contributed by atoms with Crippen LogP contribution in [0.25, 0.3) is 0 Å². The second kappa shape index (κ2) is 4.04. The smallest absolute Gasteiger partial charge is 0.197 e. The molecule has 0 fully saturated rings. The van der Waals surface area contributed by atoms with E-state index in [1.807, 2.05) is 18.2 Å². The van der Waals surface area contributed by atoms with Gasteiger partial charge in [-0.15, -0.1) is 0 Å². The van der Waals surface area contributed by atoms with Crippen LogP contribution in [0.5, 0.6) is 0 Å². The first-order valence-electron chi connectivity index (χ1n) is 3.53. The van der Waals surface area contributed by atoms with Crippen molar-refractivity contribution in [3.05, 3.63) is 24.0 Å². The molecule has 0 saturated carbocycles. The Morgan fingerprint density at radius 1 is 1.15 bits per heavy atom. The molecule has 1 unspecified atom stereocenters. The molecule has 13 heavy (non-hydrogen) atoms. The first kappa shape index (κ1) is 11.8. The van der Waals surface area contributed by atoms with Gasteiger partial charge < -0.3 is 9.47 Å². The molecule has 1 aliphatic carbocycles. The zero-order valence-corrected chi connectivity index (χ0v) is 11.9. The molecule has 0 aromatic heterocycles. The van der Waals surface area contributed by atoms with E-state index in [9.17, 15) is 0 Å². The van der Waals surface area contributed by atoms with E-state index in [4.69, 9.17) is 9.47 Å². The van der Waals surface area contributed by atoms with Gasteiger partial charge in [-0.05, 0) is 28.1 Å². The van der Waals surface area contributed by atoms with Gasteiger partial charge in [0.1, 0.15) is 8.99 Å². The minimum absolute atomic E-state index is 0.346. The van der Waals surface area contributed by atoms with Crippen molar-refractivity contribution in [1.82, 2.24) is 0 Å². The quantitative estimate of drug-likeness (QED) is 0.544. The largest absolute Gasteiger partial charge is 0.497 e. The molecule has 0 N–H and O–H groups in total. The van der Waals surface area contributed by atoms with Crippen molar-refractivity contribution in [2.75, 3.05) is 14.2 Å². The van der Waals surface area contributed by atoms with Crippen LogP contribution < -0.4 is 0 Å². The van der Waals surface area contributed by atoms with Crippen molar-refractivity contribution in [2.45, 2.75) is 7.74 Å². The molecule has 2 nitrogen and oxygen atoms in total. The van der Waals surface area contributed by atoms with Crippen LogP contribution in [0.3, 0.4) is 0 Å². The molecule has 1 atom stereocenters. The molecule has 0 aliphatic heterocycles. The molecule has 0 amide bonds. The maximum atomic E-state index is 5.27. The summed E-state index contributed by atoms with van der Waals surface area (Å²) < 4.78 is 9.49. The number of halogens is 3. The number of ether oxygens (including phenoxy) is 2. The van der Waals surface area contributed by atoms with E-state index in [-0.39, 0.29) is 3.23 Å². The van der Waals surface area contributed by atoms with E-state index in [2.05, 4.69) is 47.8 Å². The molecular weight excluding hydrogens is 368 g/mol. The van der Waals surface area contributed by atoms with Gasteiger partial charge in [-0.1, -0.05) is 37.9 Å². The molecular formula is C8H9Br3O2. The highest BCUT2D eigenvalue weighted by atomic mass is 79.9. The Labute approximate surface area is 103 Å². The number of rotatable bonds is 2. The van der Waals surface area contributed by atoms with E-state index in [0.29, 0.717) is 5.76 Å². The molecule has 5 heteroatoms. The summed E-state index contributed by atoms with van der Waals surface area (Å²) in [5, 5.41) is 0. The number of hydrogen-bond donors (Lipinski definition) is 0. The van der Waals surface area contributed by atoms with Crippen LogP contribution in [-0.4, -0.2) is 22.0 Å². The summed E-state index contributed by atoms with van der Waals surface area (Å²) in [5.41, 5.74) is 0. The fourth-order valence-corrected chi connectivity index (χ4v) is 2.08. The fourth-order valence-electron chi connectivity index (χ4n) is 0.988. The molecule has 0 radical (unpaired) electrons. The third kappa shape index (κ3) is 2.58. The van der Waals surface area contributed by atoms with Gasteiger partial charge in [-0.2, -0.15) is 0 Å². The third-order valence-corrected chi connectivity index (χ3v) is 3.66. The van der Waals surface area contributed by atoms with Gasteiger partial charge in [0.25, 0.3) is 0 Å². The van der Waals surface area contributed by atoms with E-state index >= 15 is 0 Å². The van der Waals surface area contributed by atoms with Crippen LogP contribution in [-0.2, 0) is 9.47 Å². The first-order valence-corrected chi connectivity index (χ1v) is 5.91. The van der Waals surface area contributed by atoms with Crippen molar-refractivity contribution in [3.63, 3.8) is 0 Å². The maximum Gasteiger partial charge on any atom is 0.197 e. The Hall–Kier alpha value is 0.680. The monoisotopic (exact) mass is 374 g/mol. The third-order valence-electron chi connectivity index (χ3n) is 1.70. The van der Waals surface area contributed by atoms with Gasteiger partial charge in [0.2, 0.25) is 0 Å². The molecule has 0 bridgehead atoms. The number of methoxy groups -OCH3 is 2. The van der Waals surface area contributed by atoms with Gasteiger partial charge in [0, 0.05) is 7.11 Å². The highest BCUT2D eigenvalue weighted by Gasteiger charge is 2.36. The van der Waals surface area contributed by atoms with Crippen LogP contribution in [0.15, 0.2) is 24.0 Å². The van der Waals surface area contributed by atoms with Crippen LogP contribution >= 0.6 is 47.8 Å². The Kier molecular flexibility index (Phi) is 3.66. The fraction of sp³-hybridized carbons (Fsp3) is 0.500. The lowest BCUT2D eigenvalue weighted by Crippen LogP contribution is -2.30. The molecule has 0 aromatic carbocycles. The van der Waals surface area contributed by atoms with Gasteiger partial charge >= 0.3 is 0 Å². The average Bonchev–Trinajstić information content (AvgIpc) is 2.09. The molecule has 0 heterocycles.